The van der Waals surface area contributed by atoms with E-state index in [2.05, 4.69) is 77.3 Å². The first-order valence-corrected chi connectivity index (χ1v) is 36.3. The van der Waals surface area contributed by atoms with Gasteiger partial charge in [0, 0.05) is 38.9 Å². The van der Waals surface area contributed by atoms with E-state index in [1.54, 1.807) is 6.92 Å². The summed E-state index contributed by atoms with van der Waals surface area (Å²) in [5.74, 6) is -2.10. The number of carboxylic acid groups (broad SMARTS) is 1. The standard InChI is InChI=1S/C72H120N14O11/c1-9-16-55(81-63(92)58(41-46-24-27-48(87)28-25-46)84-67(96)72(78,35-11-10-22-60(88)89)85-61(90)54(73)32-23-44(4)5)62(91)82-56(19-13-38-79-68(74)75)65(94)86-40-15-21-59(86)64(93)83-57(20-14-39-80-69(76)77)66(95)97-49-33-36-70(7)47(42-49)26-29-50-52-31-30-51(45(6)18-12-17-43(2)3)71(52,8)37-34-53(50)70/h24-28,43-45,49-59,87H,9-23,29-42,73,78H2,1-8H3,(H,81,92)(H,82,91)(H,83,93)(H,84,96)(H,85,90)(H,88,89)(H4,74,75,79)(H4,76,77,80)/t45-,49+,50+,51-,52+,53+,54+,55+,56+,57+,58+,59+,70+,71-,72+/m1/s1. The Morgan fingerprint density at radius 1 is 0.701 bits per heavy atom. The molecular weight excluding hydrogens is 1240 g/mol. The maximum absolute atomic E-state index is 15.0. The van der Waals surface area contributed by atoms with E-state index in [0.717, 1.165) is 30.6 Å². The van der Waals surface area contributed by atoms with Crippen molar-refractivity contribution in [2.45, 2.75) is 270 Å². The van der Waals surface area contributed by atoms with Gasteiger partial charge in [-0.05, 0) is 192 Å². The van der Waals surface area contributed by atoms with Crippen molar-refractivity contribution in [2.75, 3.05) is 19.6 Å². The summed E-state index contributed by atoms with van der Waals surface area (Å²) in [6, 6.07) is -1.34. The van der Waals surface area contributed by atoms with Crippen LogP contribution in [0.25, 0.3) is 0 Å². The van der Waals surface area contributed by atoms with Gasteiger partial charge < -0.3 is 80.8 Å². The second-order valence-corrected chi connectivity index (χ2v) is 30.2. The number of aliphatic imine (C=N–C) groups is 2. The van der Waals surface area contributed by atoms with Crippen LogP contribution in [0, 0.1) is 52.3 Å². The monoisotopic (exact) mass is 1360 g/mol. The summed E-state index contributed by atoms with van der Waals surface area (Å²) < 4.78 is 6.40. The summed E-state index contributed by atoms with van der Waals surface area (Å²) in [5.41, 5.74) is 35.7. The molecule has 1 saturated heterocycles. The van der Waals surface area contributed by atoms with E-state index in [1.165, 1.54) is 79.7 Å². The first kappa shape index (κ1) is 79.0. The number of fused-ring (bicyclic) bond motifs is 5. The van der Waals surface area contributed by atoms with Gasteiger partial charge in [-0.3, -0.25) is 43.5 Å². The number of carboxylic acids is 1. The Morgan fingerprint density at radius 2 is 1.35 bits per heavy atom. The molecule has 1 aromatic carbocycles. The summed E-state index contributed by atoms with van der Waals surface area (Å²) >= 11 is 0. The lowest BCUT2D eigenvalue weighted by atomic mass is 9.47. The Labute approximate surface area is 575 Å². The highest BCUT2D eigenvalue weighted by atomic mass is 16.5. The van der Waals surface area contributed by atoms with Crippen LogP contribution in [0.4, 0.5) is 0 Å². The van der Waals surface area contributed by atoms with Crippen LogP contribution in [0.1, 0.15) is 221 Å². The number of likely N-dealkylation sites (tertiary alicyclic amines) is 1. The first-order chi connectivity index (χ1) is 45.9. The minimum Gasteiger partial charge on any atom is -0.508 e. The molecule has 5 aliphatic rings. The van der Waals surface area contributed by atoms with Gasteiger partial charge in [0.05, 0.1) is 6.04 Å². The van der Waals surface area contributed by atoms with Gasteiger partial charge >= 0.3 is 11.9 Å². The van der Waals surface area contributed by atoms with Crippen LogP contribution in [0.2, 0.25) is 0 Å². The maximum atomic E-state index is 15.0. The molecule has 6 amide bonds. The van der Waals surface area contributed by atoms with Crippen LogP contribution >= 0.6 is 0 Å². The quantitative estimate of drug-likeness (QED) is 0.00914. The van der Waals surface area contributed by atoms with E-state index in [9.17, 15) is 43.8 Å². The third kappa shape index (κ3) is 22.2. The van der Waals surface area contributed by atoms with Gasteiger partial charge in [-0.25, -0.2) is 4.79 Å². The molecule has 3 saturated carbocycles. The molecule has 97 heavy (non-hydrogen) atoms. The van der Waals surface area contributed by atoms with Crippen molar-refractivity contribution in [3.63, 3.8) is 0 Å². The number of allylic oxidation sites excluding steroid dienone is 1. The molecule has 4 aliphatic carbocycles. The molecule has 25 heteroatoms. The van der Waals surface area contributed by atoms with E-state index in [1.807, 2.05) is 13.8 Å². The number of guanidine groups is 2. The highest BCUT2D eigenvalue weighted by Gasteiger charge is 2.59. The molecule has 6 rings (SSSR count). The van der Waals surface area contributed by atoms with E-state index in [4.69, 9.17) is 39.1 Å². The van der Waals surface area contributed by atoms with E-state index < -0.39 is 95.4 Å². The lowest BCUT2D eigenvalue weighted by molar-refractivity contribution is -0.156. The number of nitrogens with zero attached hydrogens (tertiary/aromatic N) is 3. The lowest BCUT2D eigenvalue weighted by Gasteiger charge is -2.58. The smallest absolute Gasteiger partial charge is 0.328 e. The third-order valence-corrected chi connectivity index (χ3v) is 22.1. The Kier molecular flexibility index (Phi) is 29.9. The van der Waals surface area contributed by atoms with Crippen LogP contribution in [-0.4, -0.2) is 142 Å². The fraction of sp³-hybridized carbons (Fsp3) is 0.750. The minimum atomic E-state index is -2.17. The zero-order valence-corrected chi connectivity index (χ0v) is 59.4. The normalized spacial score (nSPS) is 25.2. The number of hydrogen-bond acceptors (Lipinski definition) is 14. The Bertz CT molecular complexity index is 2920. The first-order valence-electron chi connectivity index (χ1n) is 36.3. The van der Waals surface area contributed by atoms with E-state index >= 15 is 4.79 Å². The van der Waals surface area contributed by atoms with Gasteiger partial charge in [0.25, 0.3) is 5.91 Å². The number of esters is 1. The van der Waals surface area contributed by atoms with Crippen molar-refractivity contribution in [3.8, 4) is 5.75 Å². The van der Waals surface area contributed by atoms with Gasteiger partial charge in [0.1, 0.15) is 42.1 Å². The van der Waals surface area contributed by atoms with E-state index in [0.29, 0.717) is 67.3 Å². The minimum absolute atomic E-state index is 0.00676. The Hall–Kier alpha value is -7.02. The van der Waals surface area contributed by atoms with Crippen molar-refractivity contribution >= 4 is 59.3 Å². The molecule has 1 aliphatic heterocycles. The number of hydrogen-bond donors (Lipinski definition) is 13. The number of carbonyl (C=O) groups is 8. The fourth-order valence-electron chi connectivity index (χ4n) is 16.6. The molecule has 15 atom stereocenters. The average molecular weight is 1360 g/mol. The molecule has 0 unspecified atom stereocenters. The van der Waals surface area contributed by atoms with Gasteiger partial charge in [-0.15, -0.1) is 0 Å². The van der Waals surface area contributed by atoms with Crippen molar-refractivity contribution in [1.29, 1.82) is 0 Å². The van der Waals surface area contributed by atoms with Crippen molar-refractivity contribution in [3.05, 3.63) is 41.5 Å². The molecule has 1 heterocycles. The topological polar surface area (TPSA) is 430 Å². The second kappa shape index (κ2) is 36.7. The number of phenols is 1. The number of amides is 6. The van der Waals surface area contributed by atoms with Crippen LogP contribution in [0.15, 0.2) is 45.9 Å². The molecule has 1 aromatic rings. The number of benzene rings is 1. The molecule has 0 bridgehead atoms. The predicted molar refractivity (Wildman–Crippen MR) is 375 cm³/mol. The Balaban J connectivity index is 1.17. The number of ether oxygens (including phenoxy) is 1. The summed E-state index contributed by atoms with van der Waals surface area (Å²) in [5, 5.41) is 33.3. The van der Waals surface area contributed by atoms with Crippen molar-refractivity contribution < 1.29 is 53.3 Å². The van der Waals surface area contributed by atoms with Gasteiger partial charge in [-0.1, -0.05) is 105 Å². The summed E-state index contributed by atoms with van der Waals surface area (Å²) in [7, 11) is 0. The highest BCUT2D eigenvalue weighted by molar-refractivity contribution is 5.98. The van der Waals surface area contributed by atoms with Crippen LogP contribution in [0.3, 0.4) is 0 Å². The lowest BCUT2D eigenvalue weighted by Crippen LogP contribution is -2.69. The molecule has 0 spiro atoms. The van der Waals surface area contributed by atoms with Crippen LogP contribution in [-0.2, 0) is 49.5 Å². The van der Waals surface area contributed by atoms with Crippen LogP contribution < -0.4 is 61.0 Å². The highest BCUT2D eigenvalue weighted by Crippen LogP contribution is 2.67. The molecule has 25 nitrogen and oxygen atoms in total. The summed E-state index contributed by atoms with van der Waals surface area (Å²) in [6.45, 7) is 18.4. The fourth-order valence-corrected chi connectivity index (χ4v) is 16.6. The number of aliphatic carboxylic acids is 1. The van der Waals surface area contributed by atoms with Crippen molar-refractivity contribution in [2.24, 2.45) is 96.6 Å². The second-order valence-electron chi connectivity index (χ2n) is 30.2. The number of aromatic hydroxyl groups is 1. The number of rotatable bonds is 38. The molecule has 4 fully saturated rings. The van der Waals surface area contributed by atoms with Gasteiger partial charge in [0.15, 0.2) is 17.6 Å². The molecule has 0 radical (unpaired) electrons. The number of nitrogens with two attached hydrogens (primary N) is 6. The number of carbonyl (C=O) groups excluding carboxylic acids is 7. The average Bonchev–Trinajstić information content (AvgIpc) is 1.69. The number of nitrogens with one attached hydrogen (secondary N) is 5. The predicted octanol–water partition coefficient (Wildman–Crippen LogP) is 5.91. The van der Waals surface area contributed by atoms with Gasteiger partial charge in [0.2, 0.25) is 29.5 Å². The Morgan fingerprint density at radius 3 is 1.99 bits per heavy atom. The molecule has 19 N–H and O–H groups in total. The largest absolute Gasteiger partial charge is 0.508 e. The SMILES string of the molecule is CCC[C@H](NC(=O)[C@H](Cc1ccc(O)cc1)NC(=O)[C@](N)(CCCCC(=O)O)NC(=O)[C@@H](N)CCC(C)C)C(=O)N[C@@H](CCCN=C(N)N)C(=O)N1CCC[C@H]1C(=O)N[C@@H](CCCN=C(N)N)C(=O)O[C@H]1CC[C@@]2(C)C(=CC[C@H]3[C@@H]4CC[C@H]([C@H](C)CCCC(C)C)[C@@]4(C)CC[C@@H]32)C1. The van der Waals surface area contributed by atoms with E-state index in [-0.39, 0.29) is 119 Å². The van der Waals surface area contributed by atoms with Gasteiger partial charge in [-0.2, -0.15) is 0 Å². The number of phenolic OH excluding ortho intramolecular Hbond substituents is 1. The summed E-state index contributed by atoms with van der Waals surface area (Å²) in [6.07, 6.45) is 16.6. The molecular formula is C72H120N14O11. The zero-order chi connectivity index (χ0) is 71.4. The molecule has 0 aromatic heterocycles. The molecule has 544 valence electrons. The third-order valence-electron chi connectivity index (χ3n) is 22.1. The number of unbranched alkanes of at least 4 members (excludes halogenated alkanes) is 1. The summed E-state index contributed by atoms with van der Waals surface area (Å²) in [4.78, 5) is 123. The zero-order valence-electron chi connectivity index (χ0n) is 59.4. The van der Waals surface area contributed by atoms with Crippen molar-refractivity contribution in [1.82, 2.24) is 31.5 Å². The van der Waals surface area contributed by atoms with Crippen LogP contribution in [0.5, 0.6) is 5.75 Å². The maximum Gasteiger partial charge on any atom is 0.328 e.